The van der Waals surface area contributed by atoms with E-state index in [1.807, 2.05) is 0 Å². The molecule has 2 rings (SSSR count). The molecule has 0 spiro atoms. The van der Waals surface area contributed by atoms with E-state index in [0.717, 1.165) is 31.6 Å². The van der Waals surface area contributed by atoms with Gasteiger partial charge in [0.15, 0.2) is 0 Å². The Bertz CT molecular complexity index is 304. The van der Waals surface area contributed by atoms with Crippen LogP contribution >= 0.6 is 0 Å². The van der Waals surface area contributed by atoms with Gasteiger partial charge in [0.25, 0.3) is 0 Å². The van der Waals surface area contributed by atoms with Gasteiger partial charge in [-0.2, -0.15) is 0 Å². The average molecular weight is 209 g/mol. The van der Waals surface area contributed by atoms with E-state index in [2.05, 4.69) is 20.3 Å². The van der Waals surface area contributed by atoms with Gasteiger partial charge in [0.05, 0.1) is 6.54 Å². The van der Waals surface area contributed by atoms with Crippen molar-refractivity contribution in [1.82, 2.24) is 15.8 Å². The first-order valence-electron chi connectivity index (χ1n) is 5.24. The Morgan fingerprint density at radius 2 is 2.40 bits per heavy atom. The highest BCUT2D eigenvalue weighted by Gasteiger charge is 2.20. The minimum Gasteiger partial charge on any atom is -0.364 e. The van der Waals surface area contributed by atoms with Gasteiger partial charge in [0, 0.05) is 12.0 Å². The molecule has 2 N–H and O–H groups in total. The number of hydrogen-bond donors (Lipinski definition) is 2. The summed E-state index contributed by atoms with van der Waals surface area (Å²) in [6.07, 6.45) is 3.35. The molecule has 0 radical (unpaired) electrons. The van der Waals surface area contributed by atoms with Crippen LogP contribution < -0.4 is 10.6 Å². The highest BCUT2D eigenvalue weighted by molar-refractivity contribution is 5.78. The minimum atomic E-state index is 0.125. The van der Waals surface area contributed by atoms with E-state index in [4.69, 9.17) is 0 Å². The van der Waals surface area contributed by atoms with Crippen molar-refractivity contribution in [2.75, 3.05) is 13.1 Å². The van der Waals surface area contributed by atoms with E-state index in [1.54, 1.807) is 6.07 Å². The minimum absolute atomic E-state index is 0.125. The summed E-state index contributed by atoms with van der Waals surface area (Å²) in [6, 6.07) is 1.75. The Kier molecular flexibility index (Phi) is 3.34. The normalized spacial score (nSPS) is 17.6. The Morgan fingerprint density at radius 1 is 1.60 bits per heavy atom. The van der Waals surface area contributed by atoms with E-state index in [-0.39, 0.29) is 11.8 Å². The zero-order valence-corrected chi connectivity index (χ0v) is 8.53. The van der Waals surface area contributed by atoms with Crippen molar-refractivity contribution < 1.29 is 9.32 Å². The average Bonchev–Trinajstić information content (AvgIpc) is 2.80. The monoisotopic (exact) mass is 209 g/mol. The lowest BCUT2D eigenvalue weighted by Crippen LogP contribution is -2.37. The summed E-state index contributed by atoms with van der Waals surface area (Å²) in [6.45, 7) is 2.32. The summed E-state index contributed by atoms with van der Waals surface area (Å²) in [5.74, 6) is 0.276. The van der Waals surface area contributed by atoms with Crippen molar-refractivity contribution in [2.45, 2.75) is 19.4 Å². The second kappa shape index (κ2) is 4.93. The molecule has 0 aliphatic carbocycles. The summed E-state index contributed by atoms with van der Waals surface area (Å²) in [7, 11) is 0. The highest BCUT2D eigenvalue weighted by Crippen LogP contribution is 2.11. The SMILES string of the molecule is O=C(NCc1ccon1)C1CCNCC1. The van der Waals surface area contributed by atoms with Gasteiger partial charge in [-0.15, -0.1) is 0 Å². The molecular weight excluding hydrogens is 194 g/mol. The predicted octanol–water partition coefficient (Wildman–Crippen LogP) is 0.290. The van der Waals surface area contributed by atoms with Gasteiger partial charge < -0.3 is 15.2 Å². The third-order valence-corrected chi connectivity index (χ3v) is 2.64. The lowest BCUT2D eigenvalue weighted by Gasteiger charge is -2.21. The van der Waals surface area contributed by atoms with E-state index in [1.165, 1.54) is 6.26 Å². The number of hydrogen-bond acceptors (Lipinski definition) is 4. The maximum atomic E-state index is 11.7. The van der Waals surface area contributed by atoms with Crippen LogP contribution in [0.25, 0.3) is 0 Å². The molecule has 1 aliphatic heterocycles. The Hall–Kier alpha value is -1.36. The number of nitrogens with zero attached hydrogens (tertiary/aromatic N) is 1. The molecule has 2 heterocycles. The molecule has 1 amide bonds. The first-order chi connectivity index (χ1) is 7.36. The largest absolute Gasteiger partial charge is 0.364 e. The standard InChI is InChI=1S/C10H15N3O2/c14-10(8-1-4-11-5-2-8)12-7-9-3-6-15-13-9/h3,6,8,11H,1-2,4-5,7H2,(H,12,14). The Morgan fingerprint density at radius 3 is 3.07 bits per heavy atom. The number of amides is 1. The molecule has 1 aliphatic rings. The zero-order valence-electron chi connectivity index (χ0n) is 8.53. The van der Waals surface area contributed by atoms with Gasteiger partial charge in [0.2, 0.25) is 5.91 Å². The maximum Gasteiger partial charge on any atom is 0.223 e. The number of piperidine rings is 1. The van der Waals surface area contributed by atoms with Crippen LogP contribution in [0.2, 0.25) is 0 Å². The van der Waals surface area contributed by atoms with E-state index >= 15 is 0 Å². The molecule has 0 bridgehead atoms. The van der Waals surface area contributed by atoms with Crippen LogP contribution in [0, 0.1) is 5.92 Å². The van der Waals surface area contributed by atoms with Gasteiger partial charge in [-0.3, -0.25) is 4.79 Å². The second-order valence-electron chi connectivity index (χ2n) is 3.73. The lowest BCUT2D eigenvalue weighted by atomic mass is 9.97. The van der Waals surface area contributed by atoms with E-state index < -0.39 is 0 Å². The highest BCUT2D eigenvalue weighted by atomic mass is 16.5. The molecule has 82 valence electrons. The fourth-order valence-corrected chi connectivity index (χ4v) is 1.73. The second-order valence-corrected chi connectivity index (χ2v) is 3.73. The third kappa shape index (κ3) is 2.79. The molecule has 0 unspecified atom stereocenters. The van der Waals surface area contributed by atoms with Gasteiger partial charge in [0.1, 0.15) is 12.0 Å². The summed E-state index contributed by atoms with van der Waals surface area (Å²) >= 11 is 0. The molecule has 0 aromatic carbocycles. The van der Waals surface area contributed by atoms with Gasteiger partial charge in [-0.1, -0.05) is 5.16 Å². The number of aromatic nitrogens is 1. The van der Waals surface area contributed by atoms with Crippen molar-refractivity contribution in [3.05, 3.63) is 18.0 Å². The third-order valence-electron chi connectivity index (χ3n) is 2.64. The smallest absolute Gasteiger partial charge is 0.223 e. The summed E-state index contributed by atoms with van der Waals surface area (Å²) in [5, 5.41) is 9.83. The van der Waals surface area contributed by atoms with Crippen LogP contribution in [-0.4, -0.2) is 24.2 Å². The van der Waals surface area contributed by atoms with Crippen LogP contribution in [0.5, 0.6) is 0 Å². The molecule has 0 atom stereocenters. The number of nitrogens with one attached hydrogen (secondary N) is 2. The quantitative estimate of drug-likeness (QED) is 0.751. The van der Waals surface area contributed by atoms with E-state index in [9.17, 15) is 4.79 Å². The molecular formula is C10H15N3O2. The molecule has 1 aromatic rings. The van der Waals surface area contributed by atoms with Gasteiger partial charge in [-0.25, -0.2) is 0 Å². The molecule has 5 heteroatoms. The Balaban J connectivity index is 1.76. The number of rotatable bonds is 3. The number of carbonyl (C=O) groups is 1. The van der Waals surface area contributed by atoms with Crippen LogP contribution in [0.3, 0.4) is 0 Å². The lowest BCUT2D eigenvalue weighted by molar-refractivity contribution is -0.125. The van der Waals surface area contributed by atoms with Gasteiger partial charge in [-0.05, 0) is 25.9 Å². The fourth-order valence-electron chi connectivity index (χ4n) is 1.73. The summed E-state index contributed by atoms with van der Waals surface area (Å²) in [4.78, 5) is 11.7. The van der Waals surface area contributed by atoms with Crippen molar-refractivity contribution in [3.63, 3.8) is 0 Å². The van der Waals surface area contributed by atoms with Crippen molar-refractivity contribution >= 4 is 5.91 Å². The molecule has 15 heavy (non-hydrogen) atoms. The van der Waals surface area contributed by atoms with Crippen LogP contribution in [0.15, 0.2) is 16.9 Å². The summed E-state index contributed by atoms with van der Waals surface area (Å²) < 4.78 is 4.68. The van der Waals surface area contributed by atoms with Gasteiger partial charge >= 0.3 is 0 Å². The molecule has 1 aromatic heterocycles. The van der Waals surface area contributed by atoms with Crippen LogP contribution in [0.1, 0.15) is 18.5 Å². The molecule has 1 fully saturated rings. The van der Waals surface area contributed by atoms with E-state index in [0.29, 0.717) is 6.54 Å². The molecule has 1 saturated heterocycles. The predicted molar refractivity (Wildman–Crippen MR) is 53.9 cm³/mol. The summed E-state index contributed by atoms with van der Waals surface area (Å²) in [5.41, 5.74) is 0.761. The number of carbonyl (C=O) groups excluding carboxylic acids is 1. The Labute approximate surface area is 88.2 Å². The molecule has 5 nitrogen and oxygen atoms in total. The van der Waals surface area contributed by atoms with Crippen LogP contribution in [-0.2, 0) is 11.3 Å². The molecule has 0 saturated carbocycles. The fraction of sp³-hybridized carbons (Fsp3) is 0.600. The topological polar surface area (TPSA) is 67.2 Å². The van der Waals surface area contributed by atoms with Crippen molar-refractivity contribution in [2.24, 2.45) is 5.92 Å². The first kappa shape index (κ1) is 10.2. The van der Waals surface area contributed by atoms with Crippen LogP contribution in [0.4, 0.5) is 0 Å². The van der Waals surface area contributed by atoms with Crippen molar-refractivity contribution in [3.8, 4) is 0 Å². The maximum absolute atomic E-state index is 11.7. The first-order valence-corrected chi connectivity index (χ1v) is 5.24. The zero-order chi connectivity index (χ0) is 10.5. The van der Waals surface area contributed by atoms with Crippen molar-refractivity contribution in [1.29, 1.82) is 0 Å².